The molecule has 0 spiro atoms. The van der Waals surface area contributed by atoms with E-state index < -0.39 is 0 Å². The van der Waals surface area contributed by atoms with Gasteiger partial charge in [0.05, 0.1) is 17.6 Å². The largest absolute Gasteiger partial charge is 0.334 e. The average Bonchev–Trinajstić information content (AvgIpc) is 3.04. The zero-order valence-electron chi connectivity index (χ0n) is 13.4. The summed E-state index contributed by atoms with van der Waals surface area (Å²) >= 11 is 3.00. The van der Waals surface area contributed by atoms with Gasteiger partial charge in [0, 0.05) is 11.9 Å². The topological polar surface area (TPSA) is 66.1 Å². The van der Waals surface area contributed by atoms with Gasteiger partial charge in [-0.2, -0.15) is 0 Å². The van der Waals surface area contributed by atoms with Gasteiger partial charge in [0.25, 0.3) is 11.5 Å². The molecule has 0 radical (unpaired) electrons. The summed E-state index contributed by atoms with van der Waals surface area (Å²) in [5.41, 5.74) is 1.18. The van der Waals surface area contributed by atoms with Crippen LogP contribution in [0.25, 0.3) is 10.2 Å². The number of rotatable bonds is 5. The van der Waals surface area contributed by atoms with Gasteiger partial charge in [-0.1, -0.05) is 19.1 Å². The number of fused-ring (bicyclic) bond motifs is 1. The Hall–Kier alpha value is -2.12. The lowest BCUT2D eigenvalue weighted by Gasteiger charge is -2.18. The van der Waals surface area contributed by atoms with Gasteiger partial charge in [-0.05, 0) is 29.3 Å². The second-order valence-corrected chi connectivity index (χ2v) is 7.46. The Balaban J connectivity index is 1.84. The summed E-state index contributed by atoms with van der Waals surface area (Å²) in [5, 5.41) is 1.84. The molecule has 0 saturated carbocycles. The van der Waals surface area contributed by atoms with Crippen LogP contribution < -0.4 is 5.56 Å². The maximum atomic E-state index is 12.7. The highest BCUT2D eigenvalue weighted by molar-refractivity contribution is 7.99. The molecule has 24 heavy (non-hydrogen) atoms. The molecule has 0 unspecified atom stereocenters. The molecular weight excluding hydrogens is 342 g/mol. The molecule has 0 aliphatic carbocycles. The Morgan fingerprint density at radius 1 is 1.33 bits per heavy atom. The molecule has 3 aromatic rings. The minimum Gasteiger partial charge on any atom is -0.334 e. The molecule has 0 aliphatic rings. The number of benzene rings is 1. The molecule has 0 atom stereocenters. The fraction of sp³-hybridized carbons (Fsp3) is 0.235. The zero-order valence-corrected chi connectivity index (χ0v) is 15.0. The number of amides is 1. The summed E-state index contributed by atoms with van der Waals surface area (Å²) in [7, 11) is 1.72. The van der Waals surface area contributed by atoms with Crippen LogP contribution in [-0.4, -0.2) is 33.6 Å². The van der Waals surface area contributed by atoms with E-state index in [9.17, 15) is 9.59 Å². The van der Waals surface area contributed by atoms with E-state index in [-0.39, 0.29) is 18.0 Å². The monoisotopic (exact) mass is 359 g/mol. The molecule has 1 N–H and O–H groups in total. The van der Waals surface area contributed by atoms with Crippen molar-refractivity contribution in [3.63, 3.8) is 0 Å². The average molecular weight is 359 g/mol. The second kappa shape index (κ2) is 7.19. The number of carbonyl (C=O) groups is 1. The SMILES string of the molecule is CCSc1ccccc1C(=O)N(C)Cc1nc2ccsc2c(=O)[nH]1. The number of nitrogens with one attached hydrogen (secondary N) is 1. The predicted octanol–water partition coefficient (Wildman–Crippen LogP) is 3.37. The fourth-order valence-electron chi connectivity index (χ4n) is 2.42. The number of aromatic nitrogens is 2. The molecule has 7 heteroatoms. The van der Waals surface area contributed by atoms with Crippen LogP contribution in [-0.2, 0) is 6.54 Å². The fourth-order valence-corrected chi connectivity index (χ4v) is 3.95. The lowest BCUT2D eigenvalue weighted by Crippen LogP contribution is -2.28. The highest BCUT2D eigenvalue weighted by Gasteiger charge is 2.17. The lowest BCUT2D eigenvalue weighted by atomic mass is 10.2. The van der Waals surface area contributed by atoms with Gasteiger partial charge < -0.3 is 9.88 Å². The van der Waals surface area contributed by atoms with E-state index in [0.29, 0.717) is 21.6 Å². The first-order valence-corrected chi connectivity index (χ1v) is 9.40. The summed E-state index contributed by atoms with van der Waals surface area (Å²) in [6, 6.07) is 9.38. The standard InChI is InChI=1S/C17H17N3O2S2/c1-3-23-13-7-5-4-6-11(13)17(22)20(2)10-14-18-12-8-9-24-15(12)16(21)19-14/h4-9H,3,10H2,1-2H3,(H,18,19,21). The molecular formula is C17H17N3O2S2. The highest BCUT2D eigenvalue weighted by Crippen LogP contribution is 2.23. The smallest absolute Gasteiger partial charge is 0.268 e. The maximum absolute atomic E-state index is 12.7. The molecule has 1 amide bonds. The Labute approximate surface area is 147 Å². The quantitative estimate of drug-likeness (QED) is 0.709. The summed E-state index contributed by atoms with van der Waals surface area (Å²) in [5.74, 6) is 1.31. The third kappa shape index (κ3) is 3.37. The van der Waals surface area contributed by atoms with Crippen molar-refractivity contribution in [1.29, 1.82) is 0 Å². The van der Waals surface area contributed by atoms with Crippen molar-refractivity contribution in [2.24, 2.45) is 0 Å². The number of nitrogens with zero attached hydrogens (tertiary/aromatic N) is 2. The van der Waals surface area contributed by atoms with Crippen molar-refractivity contribution in [3.05, 3.63) is 57.5 Å². The number of hydrogen-bond donors (Lipinski definition) is 1. The second-order valence-electron chi connectivity index (χ2n) is 5.24. The van der Waals surface area contributed by atoms with Crippen LogP contribution in [0.4, 0.5) is 0 Å². The Kier molecular flexibility index (Phi) is 5.01. The van der Waals surface area contributed by atoms with Gasteiger partial charge in [-0.15, -0.1) is 23.1 Å². The summed E-state index contributed by atoms with van der Waals surface area (Å²) < 4.78 is 0.609. The molecule has 0 fully saturated rings. The summed E-state index contributed by atoms with van der Waals surface area (Å²) in [6.07, 6.45) is 0. The number of H-pyrrole nitrogens is 1. The summed E-state index contributed by atoms with van der Waals surface area (Å²) in [4.78, 5) is 34.5. The van der Waals surface area contributed by atoms with Crippen molar-refractivity contribution in [2.75, 3.05) is 12.8 Å². The minimum absolute atomic E-state index is 0.0837. The van der Waals surface area contributed by atoms with Gasteiger partial charge in [0.15, 0.2) is 0 Å². The number of carbonyl (C=O) groups excluding carboxylic acids is 1. The van der Waals surface area contributed by atoms with Crippen LogP contribution in [0, 0.1) is 0 Å². The third-order valence-corrected chi connectivity index (χ3v) is 5.37. The molecule has 0 aliphatic heterocycles. The normalized spacial score (nSPS) is 10.9. The number of thiophene rings is 1. The van der Waals surface area contributed by atoms with E-state index in [1.165, 1.54) is 11.3 Å². The Bertz CT molecular complexity index is 933. The zero-order chi connectivity index (χ0) is 17.1. The van der Waals surface area contributed by atoms with E-state index in [1.54, 1.807) is 23.7 Å². The third-order valence-electron chi connectivity index (χ3n) is 3.51. The van der Waals surface area contributed by atoms with Crippen LogP contribution >= 0.6 is 23.1 Å². The van der Waals surface area contributed by atoms with Crippen molar-refractivity contribution in [2.45, 2.75) is 18.4 Å². The van der Waals surface area contributed by atoms with E-state index in [1.807, 2.05) is 35.7 Å². The predicted molar refractivity (Wildman–Crippen MR) is 98.9 cm³/mol. The van der Waals surface area contributed by atoms with E-state index in [2.05, 4.69) is 16.9 Å². The van der Waals surface area contributed by atoms with E-state index in [4.69, 9.17) is 0 Å². The lowest BCUT2D eigenvalue weighted by molar-refractivity contribution is 0.0778. The van der Waals surface area contributed by atoms with Gasteiger partial charge >= 0.3 is 0 Å². The Morgan fingerprint density at radius 3 is 2.92 bits per heavy atom. The molecule has 2 heterocycles. The summed E-state index contributed by atoms with van der Waals surface area (Å²) in [6.45, 7) is 2.31. The number of thioether (sulfide) groups is 1. The van der Waals surface area contributed by atoms with Crippen LogP contribution in [0.1, 0.15) is 23.1 Å². The van der Waals surface area contributed by atoms with Crippen molar-refractivity contribution in [1.82, 2.24) is 14.9 Å². The number of aromatic amines is 1. The molecule has 2 aromatic heterocycles. The minimum atomic E-state index is -0.159. The molecule has 5 nitrogen and oxygen atoms in total. The van der Waals surface area contributed by atoms with E-state index >= 15 is 0 Å². The first-order valence-electron chi connectivity index (χ1n) is 7.54. The van der Waals surface area contributed by atoms with Crippen LogP contribution in [0.5, 0.6) is 0 Å². The van der Waals surface area contributed by atoms with Gasteiger partial charge in [0.2, 0.25) is 0 Å². The van der Waals surface area contributed by atoms with Crippen molar-refractivity contribution >= 4 is 39.2 Å². The molecule has 3 rings (SSSR count). The van der Waals surface area contributed by atoms with E-state index in [0.717, 1.165) is 10.6 Å². The number of hydrogen-bond acceptors (Lipinski definition) is 5. The van der Waals surface area contributed by atoms with Crippen LogP contribution in [0.2, 0.25) is 0 Å². The van der Waals surface area contributed by atoms with Crippen LogP contribution in [0.3, 0.4) is 0 Å². The van der Waals surface area contributed by atoms with Crippen LogP contribution in [0.15, 0.2) is 45.4 Å². The van der Waals surface area contributed by atoms with Gasteiger partial charge in [0.1, 0.15) is 10.5 Å². The molecule has 1 aromatic carbocycles. The van der Waals surface area contributed by atoms with Gasteiger partial charge in [-0.25, -0.2) is 4.98 Å². The molecule has 0 saturated heterocycles. The molecule has 0 bridgehead atoms. The van der Waals surface area contributed by atoms with Gasteiger partial charge in [-0.3, -0.25) is 9.59 Å². The van der Waals surface area contributed by atoms with Crippen molar-refractivity contribution in [3.8, 4) is 0 Å². The maximum Gasteiger partial charge on any atom is 0.268 e. The van der Waals surface area contributed by atoms with Crippen molar-refractivity contribution < 1.29 is 4.79 Å². The first-order chi connectivity index (χ1) is 11.6. The Morgan fingerprint density at radius 2 is 2.12 bits per heavy atom. The highest BCUT2D eigenvalue weighted by atomic mass is 32.2. The molecule has 124 valence electrons. The first kappa shape index (κ1) is 16.7.